The van der Waals surface area contributed by atoms with Crippen LogP contribution in [0.15, 0.2) is 35.4 Å². The van der Waals surface area contributed by atoms with Crippen LogP contribution in [0.2, 0.25) is 0 Å². The third kappa shape index (κ3) is 2.89. The minimum atomic E-state index is -0.175. The quantitative estimate of drug-likeness (QED) is 0.710. The molecule has 0 radical (unpaired) electrons. The first-order valence-electron chi connectivity index (χ1n) is 10.2. The summed E-state index contributed by atoms with van der Waals surface area (Å²) >= 11 is 0. The predicted molar refractivity (Wildman–Crippen MR) is 114 cm³/mol. The van der Waals surface area contributed by atoms with Crippen LogP contribution in [0, 0.1) is 6.92 Å². The van der Waals surface area contributed by atoms with Crippen LogP contribution in [0.5, 0.6) is 0 Å². The normalized spacial score (nSPS) is 18.3. The minimum absolute atomic E-state index is 0.149. The van der Waals surface area contributed by atoms with Crippen LogP contribution in [0.3, 0.4) is 0 Å². The van der Waals surface area contributed by atoms with Crippen molar-refractivity contribution in [3.05, 3.63) is 52.2 Å². The first kappa shape index (κ1) is 18.5. The number of amides is 1. The van der Waals surface area contributed by atoms with E-state index in [1.165, 1.54) is 10.5 Å². The zero-order valence-corrected chi connectivity index (χ0v) is 17.0. The molecule has 0 aromatic carbocycles. The van der Waals surface area contributed by atoms with Crippen LogP contribution in [0.4, 0.5) is 17.5 Å². The van der Waals surface area contributed by atoms with Gasteiger partial charge >= 0.3 is 0 Å². The van der Waals surface area contributed by atoms with Crippen LogP contribution in [-0.4, -0.2) is 50.9 Å². The summed E-state index contributed by atoms with van der Waals surface area (Å²) in [5.41, 5.74) is 2.03. The van der Waals surface area contributed by atoms with E-state index >= 15 is 0 Å². The number of pyridine rings is 1. The molecule has 154 valence electrons. The summed E-state index contributed by atoms with van der Waals surface area (Å²) in [5.74, 6) is 1.03. The molecule has 0 unspecified atom stereocenters. The summed E-state index contributed by atoms with van der Waals surface area (Å²) in [7, 11) is 0. The minimum Gasteiger partial charge on any atom is -0.354 e. The van der Waals surface area contributed by atoms with Crippen LogP contribution in [-0.2, 0) is 0 Å². The number of nitrogens with one attached hydrogen (secondary N) is 1. The van der Waals surface area contributed by atoms with Crippen LogP contribution in [0.25, 0.3) is 5.65 Å². The van der Waals surface area contributed by atoms with Crippen molar-refractivity contribution >= 4 is 29.0 Å². The Hall–Kier alpha value is -3.49. The molecule has 5 heterocycles. The largest absolute Gasteiger partial charge is 0.354 e. The highest BCUT2D eigenvalue weighted by molar-refractivity contribution is 6.11. The molecule has 0 aliphatic carbocycles. The van der Waals surface area contributed by atoms with Gasteiger partial charge in [-0.3, -0.25) is 14.0 Å². The highest BCUT2D eigenvalue weighted by atomic mass is 16.2. The number of hydrogen-bond acceptors (Lipinski definition) is 7. The molecule has 2 aliphatic rings. The fourth-order valence-electron chi connectivity index (χ4n) is 4.37. The lowest BCUT2D eigenvalue weighted by Crippen LogP contribution is -2.40. The Bertz CT molecular complexity index is 1210. The summed E-state index contributed by atoms with van der Waals surface area (Å²) < 4.78 is 1.48. The Morgan fingerprint density at radius 3 is 2.97 bits per heavy atom. The van der Waals surface area contributed by atoms with Crippen molar-refractivity contribution in [2.75, 3.05) is 34.8 Å². The van der Waals surface area contributed by atoms with Gasteiger partial charge in [0.15, 0.2) is 5.65 Å². The molecule has 1 saturated heterocycles. The summed E-state index contributed by atoms with van der Waals surface area (Å²) in [6.45, 7) is 5.84. The van der Waals surface area contributed by atoms with E-state index in [-0.39, 0.29) is 17.5 Å². The van der Waals surface area contributed by atoms with Gasteiger partial charge in [0.2, 0.25) is 5.95 Å². The SMILES string of the molecule is CCNc1ncc2c(n1)N1CCC[C@H]1CN(c1cccn3c(=O)cc(C)nc13)C2=O. The second-order valence-electron chi connectivity index (χ2n) is 7.69. The first-order valence-corrected chi connectivity index (χ1v) is 10.2. The Morgan fingerprint density at radius 2 is 2.13 bits per heavy atom. The number of hydrogen-bond donors (Lipinski definition) is 1. The van der Waals surface area contributed by atoms with Crippen molar-refractivity contribution in [1.29, 1.82) is 0 Å². The molecule has 9 nitrogen and oxygen atoms in total. The van der Waals surface area contributed by atoms with Gasteiger partial charge in [-0.15, -0.1) is 0 Å². The van der Waals surface area contributed by atoms with Gasteiger partial charge in [0.25, 0.3) is 11.5 Å². The lowest BCUT2D eigenvalue weighted by Gasteiger charge is -2.27. The van der Waals surface area contributed by atoms with Gasteiger partial charge in [-0.2, -0.15) is 4.98 Å². The van der Waals surface area contributed by atoms with Crippen LogP contribution < -0.4 is 20.7 Å². The topological polar surface area (TPSA) is 95.7 Å². The third-order valence-electron chi connectivity index (χ3n) is 5.71. The van der Waals surface area contributed by atoms with E-state index in [0.29, 0.717) is 47.4 Å². The summed E-state index contributed by atoms with van der Waals surface area (Å²) in [6, 6.07) is 5.26. The highest BCUT2D eigenvalue weighted by Crippen LogP contribution is 2.34. The monoisotopic (exact) mass is 405 g/mol. The molecule has 0 bridgehead atoms. The molecule has 5 rings (SSSR count). The van der Waals surface area contributed by atoms with E-state index < -0.39 is 0 Å². The molecule has 1 atom stereocenters. The number of aromatic nitrogens is 4. The van der Waals surface area contributed by atoms with Gasteiger partial charge in [-0.05, 0) is 38.8 Å². The Balaban J connectivity index is 1.69. The lowest BCUT2D eigenvalue weighted by atomic mass is 10.2. The van der Waals surface area contributed by atoms with Crippen molar-refractivity contribution in [3.8, 4) is 0 Å². The van der Waals surface area contributed by atoms with Gasteiger partial charge < -0.3 is 15.1 Å². The van der Waals surface area contributed by atoms with Gasteiger partial charge in [-0.25, -0.2) is 9.97 Å². The van der Waals surface area contributed by atoms with Crippen molar-refractivity contribution in [3.63, 3.8) is 0 Å². The molecule has 9 heteroatoms. The van der Waals surface area contributed by atoms with Crippen molar-refractivity contribution in [1.82, 2.24) is 19.4 Å². The van der Waals surface area contributed by atoms with E-state index in [4.69, 9.17) is 0 Å². The van der Waals surface area contributed by atoms with Gasteiger partial charge in [0.1, 0.15) is 11.4 Å². The third-order valence-corrected chi connectivity index (χ3v) is 5.71. The summed E-state index contributed by atoms with van der Waals surface area (Å²) in [5, 5.41) is 3.13. The molecule has 3 aromatic heterocycles. The maximum absolute atomic E-state index is 13.6. The average molecular weight is 405 g/mol. The van der Waals surface area contributed by atoms with Crippen LogP contribution >= 0.6 is 0 Å². The number of rotatable bonds is 3. The summed E-state index contributed by atoms with van der Waals surface area (Å²) in [4.78, 5) is 43.6. The number of nitrogens with zero attached hydrogens (tertiary/aromatic N) is 6. The molecule has 1 fully saturated rings. The number of fused-ring (bicyclic) bond motifs is 4. The number of carbonyl (C=O) groups is 1. The van der Waals surface area contributed by atoms with Crippen molar-refractivity contribution < 1.29 is 4.79 Å². The molecule has 2 aliphatic heterocycles. The Labute approximate surface area is 173 Å². The van der Waals surface area contributed by atoms with Crippen molar-refractivity contribution in [2.24, 2.45) is 0 Å². The number of anilines is 3. The molecule has 0 spiro atoms. The molecule has 1 amide bonds. The van der Waals surface area contributed by atoms with Gasteiger partial charge in [0.05, 0.1) is 5.69 Å². The molecular weight excluding hydrogens is 382 g/mol. The molecule has 1 N–H and O–H groups in total. The fourth-order valence-corrected chi connectivity index (χ4v) is 4.37. The van der Waals surface area contributed by atoms with Gasteiger partial charge in [-0.1, -0.05) is 0 Å². The van der Waals surface area contributed by atoms with E-state index in [9.17, 15) is 9.59 Å². The Morgan fingerprint density at radius 1 is 1.27 bits per heavy atom. The highest BCUT2D eigenvalue weighted by Gasteiger charge is 2.38. The fraction of sp³-hybridized carbons (Fsp3) is 0.381. The molecular formula is C21H23N7O2. The second-order valence-corrected chi connectivity index (χ2v) is 7.69. The maximum atomic E-state index is 13.6. The zero-order chi connectivity index (χ0) is 20.8. The van der Waals surface area contributed by atoms with E-state index in [1.807, 2.05) is 13.0 Å². The zero-order valence-electron chi connectivity index (χ0n) is 17.0. The first-order chi connectivity index (χ1) is 14.6. The van der Waals surface area contributed by atoms with E-state index in [0.717, 1.165) is 19.4 Å². The van der Waals surface area contributed by atoms with E-state index in [1.54, 1.807) is 30.3 Å². The number of carbonyl (C=O) groups excluding carboxylic acids is 1. The Kier molecular flexibility index (Phi) is 4.38. The lowest BCUT2D eigenvalue weighted by molar-refractivity contribution is 0.0988. The predicted octanol–water partition coefficient (Wildman–Crippen LogP) is 1.85. The van der Waals surface area contributed by atoms with E-state index in [2.05, 4.69) is 25.2 Å². The summed E-state index contributed by atoms with van der Waals surface area (Å²) in [6.07, 6.45) is 5.30. The van der Waals surface area contributed by atoms with Crippen molar-refractivity contribution in [2.45, 2.75) is 32.7 Å². The maximum Gasteiger partial charge on any atom is 0.263 e. The van der Waals surface area contributed by atoms with Crippen LogP contribution in [0.1, 0.15) is 35.8 Å². The molecule has 3 aromatic rings. The average Bonchev–Trinajstić information content (AvgIpc) is 3.16. The molecule has 0 saturated carbocycles. The van der Waals surface area contributed by atoms with Gasteiger partial charge in [0, 0.05) is 49.8 Å². The standard InChI is InChI=1S/C21H23N7O2/c1-3-22-21-23-11-15-18(25-21)26-8-4-6-14(26)12-28(20(15)30)16-7-5-9-27-17(29)10-13(2)24-19(16)27/h5,7,9-11,14H,3-4,6,8,12H2,1-2H3,(H,22,23,25)/t14-/m0/s1. The second kappa shape index (κ2) is 7.08. The smallest absolute Gasteiger partial charge is 0.263 e. The molecule has 30 heavy (non-hydrogen) atoms. The number of aryl methyl sites for hydroxylation is 1.